The first-order valence-electron chi connectivity index (χ1n) is 6.50. The number of carboxylic acid groups (broad SMARTS) is 1. The largest absolute Gasteiger partial charge is 0.480 e. The summed E-state index contributed by atoms with van der Waals surface area (Å²) in [6.07, 6.45) is 1.61. The molecule has 1 aromatic carbocycles. The van der Waals surface area contributed by atoms with E-state index >= 15 is 0 Å². The number of aliphatic carboxylic acids is 1. The lowest BCUT2D eigenvalue weighted by Crippen LogP contribution is -2.51. The fourth-order valence-corrected chi connectivity index (χ4v) is 2.75. The molecule has 0 saturated carbocycles. The predicted octanol–water partition coefficient (Wildman–Crippen LogP) is 2.25. The van der Waals surface area contributed by atoms with Crippen LogP contribution in [-0.4, -0.2) is 34.5 Å². The maximum atomic E-state index is 12.5. The van der Waals surface area contributed by atoms with Gasteiger partial charge in [0.2, 0.25) is 0 Å². The molecule has 0 radical (unpaired) electrons. The number of halogens is 1. The van der Waals surface area contributed by atoms with Crippen LogP contribution in [0.1, 0.15) is 30.1 Å². The molecule has 6 heteroatoms. The van der Waals surface area contributed by atoms with Crippen molar-refractivity contribution in [2.45, 2.75) is 25.8 Å². The van der Waals surface area contributed by atoms with Crippen molar-refractivity contribution in [3.8, 4) is 0 Å². The van der Waals surface area contributed by atoms with Gasteiger partial charge in [0, 0.05) is 12.1 Å². The zero-order valence-electron chi connectivity index (χ0n) is 11.2. The summed E-state index contributed by atoms with van der Waals surface area (Å²) >= 11 is 5.83. The summed E-state index contributed by atoms with van der Waals surface area (Å²) in [6.45, 7) is 2.30. The average Bonchev–Trinajstić information content (AvgIpc) is 2.40. The van der Waals surface area contributed by atoms with Crippen molar-refractivity contribution >= 4 is 29.2 Å². The molecule has 1 heterocycles. The van der Waals surface area contributed by atoms with Crippen LogP contribution in [0.25, 0.3) is 0 Å². The van der Waals surface area contributed by atoms with Gasteiger partial charge in [-0.25, -0.2) is 4.79 Å². The summed E-state index contributed by atoms with van der Waals surface area (Å²) in [7, 11) is 0. The van der Waals surface area contributed by atoms with Crippen LogP contribution in [0, 0.1) is 5.92 Å². The zero-order valence-corrected chi connectivity index (χ0v) is 11.9. The maximum Gasteiger partial charge on any atom is 0.326 e. The lowest BCUT2D eigenvalue weighted by Gasteiger charge is -2.37. The van der Waals surface area contributed by atoms with Crippen LogP contribution in [0.2, 0.25) is 5.02 Å². The van der Waals surface area contributed by atoms with Crippen molar-refractivity contribution in [3.63, 3.8) is 0 Å². The Labute approximate surface area is 122 Å². The van der Waals surface area contributed by atoms with Crippen molar-refractivity contribution in [1.29, 1.82) is 0 Å². The lowest BCUT2D eigenvalue weighted by molar-refractivity contribution is -0.145. The van der Waals surface area contributed by atoms with Crippen LogP contribution in [0.3, 0.4) is 0 Å². The van der Waals surface area contributed by atoms with E-state index in [1.165, 1.54) is 11.0 Å². The van der Waals surface area contributed by atoms with Crippen molar-refractivity contribution in [1.82, 2.24) is 4.90 Å². The fourth-order valence-electron chi connectivity index (χ4n) is 2.63. The highest BCUT2D eigenvalue weighted by Gasteiger charge is 2.37. The van der Waals surface area contributed by atoms with Crippen molar-refractivity contribution in [3.05, 3.63) is 28.8 Å². The number of amides is 1. The monoisotopic (exact) mass is 296 g/mol. The number of carbonyl (C=O) groups is 2. The molecule has 1 fully saturated rings. The summed E-state index contributed by atoms with van der Waals surface area (Å²) < 4.78 is 0. The van der Waals surface area contributed by atoms with Gasteiger partial charge >= 0.3 is 5.97 Å². The van der Waals surface area contributed by atoms with E-state index < -0.39 is 12.0 Å². The second-order valence-corrected chi connectivity index (χ2v) is 5.54. The second kappa shape index (κ2) is 5.71. The summed E-state index contributed by atoms with van der Waals surface area (Å²) in [5.41, 5.74) is 6.37. The molecule has 0 aliphatic carbocycles. The van der Waals surface area contributed by atoms with Crippen LogP contribution in [0.5, 0.6) is 0 Å². The molecule has 0 aromatic heterocycles. The van der Waals surface area contributed by atoms with E-state index in [1.54, 1.807) is 12.1 Å². The van der Waals surface area contributed by atoms with Gasteiger partial charge in [-0.1, -0.05) is 18.5 Å². The molecule has 1 aliphatic heterocycles. The number of hydrogen-bond acceptors (Lipinski definition) is 3. The molecule has 108 valence electrons. The lowest BCUT2D eigenvalue weighted by atomic mass is 9.90. The Morgan fingerprint density at radius 1 is 1.45 bits per heavy atom. The quantitative estimate of drug-likeness (QED) is 0.820. The molecule has 1 saturated heterocycles. The molecule has 1 aliphatic rings. The minimum Gasteiger partial charge on any atom is -0.480 e. The first-order chi connectivity index (χ1) is 9.41. The van der Waals surface area contributed by atoms with Gasteiger partial charge in [-0.05, 0) is 37.0 Å². The van der Waals surface area contributed by atoms with E-state index in [9.17, 15) is 14.7 Å². The number of nitrogens with two attached hydrogens (primary N) is 1. The van der Waals surface area contributed by atoms with Gasteiger partial charge in [0.05, 0.1) is 10.7 Å². The molecule has 2 unspecified atom stereocenters. The molecular weight excluding hydrogens is 280 g/mol. The highest BCUT2D eigenvalue weighted by atomic mass is 35.5. The second-order valence-electron chi connectivity index (χ2n) is 5.14. The Balaban J connectivity index is 2.30. The number of carbonyl (C=O) groups excluding carboxylic acids is 1. The Hall–Kier alpha value is -1.75. The van der Waals surface area contributed by atoms with Crippen LogP contribution < -0.4 is 5.73 Å². The Kier molecular flexibility index (Phi) is 4.18. The first-order valence-corrected chi connectivity index (χ1v) is 6.88. The van der Waals surface area contributed by atoms with Crippen molar-refractivity contribution in [2.24, 2.45) is 5.92 Å². The highest BCUT2D eigenvalue weighted by Crippen LogP contribution is 2.27. The van der Waals surface area contributed by atoms with Crippen molar-refractivity contribution in [2.75, 3.05) is 12.3 Å². The van der Waals surface area contributed by atoms with E-state index in [4.69, 9.17) is 17.3 Å². The Bertz CT molecular complexity index is 547. The minimum absolute atomic E-state index is 0.0603. The van der Waals surface area contributed by atoms with Crippen LogP contribution in [0.4, 0.5) is 5.69 Å². The number of carboxylic acids is 1. The molecule has 2 atom stereocenters. The van der Waals surface area contributed by atoms with Gasteiger partial charge < -0.3 is 15.7 Å². The van der Waals surface area contributed by atoms with E-state index in [2.05, 4.69) is 0 Å². The number of piperidine rings is 1. The van der Waals surface area contributed by atoms with Crippen LogP contribution >= 0.6 is 11.6 Å². The number of rotatable bonds is 2. The standard InChI is InChI=1S/C14H17ClN2O3/c1-8-3-2-6-17(12(8)14(19)20)13(18)9-4-5-10(15)11(16)7-9/h4-5,7-8,12H,2-3,6,16H2,1H3,(H,19,20). The van der Waals surface area contributed by atoms with E-state index in [1.807, 2.05) is 6.92 Å². The molecule has 1 aromatic rings. The molecule has 0 bridgehead atoms. The highest BCUT2D eigenvalue weighted by molar-refractivity contribution is 6.33. The summed E-state index contributed by atoms with van der Waals surface area (Å²) in [5, 5.41) is 9.71. The molecule has 3 N–H and O–H groups in total. The van der Waals surface area contributed by atoms with Crippen LogP contribution in [0.15, 0.2) is 18.2 Å². The summed E-state index contributed by atoms with van der Waals surface area (Å²) in [4.78, 5) is 25.3. The Morgan fingerprint density at radius 2 is 2.15 bits per heavy atom. The first kappa shape index (κ1) is 14.7. The third-order valence-electron chi connectivity index (χ3n) is 3.69. The zero-order chi connectivity index (χ0) is 14.9. The normalized spacial score (nSPS) is 22.6. The molecule has 5 nitrogen and oxygen atoms in total. The van der Waals surface area contributed by atoms with E-state index in [-0.39, 0.29) is 11.8 Å². The number of hydrogen-bond donors (Lipinski definition) is 2. The third-order valence-corrected chi connectivity index (χ3v) is 4.03. The average molecular weight is 297 g/mol. The van der Waals surface area contributed by atoms with Gasteiger partial charge in [0.1, 0.15) is 6.04 Å². The van der Waals surface area contributed by atoms with Gasteiger partial charge in [-0.2, -0.15) is 0 Å². The Morgan fingerprint density at radius 3 is 2.75 bits per heavy atom. The number of anilines is 1. The third kappa shape index (κ3) is 2.72. The maximum absolute atomic E-state index is 12.5. The number of likely N-dealkylation sites (tertiary alicyclic amines) is 1. The smallest absolute Gasteiger partial charge is 0.326 e. The minimum atomic E-state index is -0.965. The van der Waals surface area contributed by atoms with Gasteiger partial charge in [-0.3, -0.25) is 4.79 Å². The van der Waals surface area contributed by atoms with Gasteiger partial charge in [0.25, 0.3) is 5.91 Å². The molecule has 1 amide bonds. The predicted molar refractivity (Wildman–Crippen MR) is 76.7 cm³/mol. The molecule has 0 spiro atoms. The molecular formula is C14H17ClN2O3. The summed E-state index contributed by atoms with van der Waals surface area (Å²) in [5.74, 6) is -1.34. The molecule has 20 heavy (non-hydrogen) atoms. The topological polar surface area (TPSA) is 83.6 Å². The van der Waals surface area contributed by atoms with Gasteiger partial charge in [-0.15, -0.1) is 0 Å². The number of nitrogen functional groups attached to an aromatic ring is 1. The number of benzene rings is 1. The van der Waals surface area contributed by atoms with E-state index in [0.29, 0.717) is 22.8 Å². The van der Waals surface area contributed by atoms with Crippen molar-refractivity contribution < 1.29 is 14.7 Å². The number of nitrogens with zero attached hydrogens (tertiary/aromatic N) is 1. The van der Waals surface area contributed by atoms with E-state index in [0.717, 1.165) is 12.8 Å². The summed E-state index contributed by atoms with van der Waals surface area (Å²) in [6, 6.07) is 3.82. The van der Waals surface area contributed by atoms with Crippen LogP contribution in [-0.2, 0) is 4.79 Å². The SMILES string of the molecule is CC1CCCN(C(=O)c2ccc(Cl)c(N)c2)C1C(=O)O. The fraction of sp³-hybridized carbons (Fsp3) is 0.429. The van der Waals surface area contributed by atoms with Gasteiger partial charge in [0.15, 0.2) is 0 Å². The molecule has 2 rings (SSSR count).